The first kappa shape index (κ1) is 46.4. The molecule has 0 heterocycles. The average molecular weight is 717 g/mol. The van der Waals surface area contributed by atoms with E-state index in [1.54, 1.807) is 0 Å². The van der Waals surface area contributed by atoms with Crippen LogP contribution in [0.25, 0.3) is 0 Å². The van der Waals surface area contributed by atoms with Crippen LogP contribution in [-0.4, -0.2) is 194 Å². The van der Waals surface area contributed by atoms with Crippen LogP contribution in [0.4, 0.5) is 0 Å². The Morgan fingerprint density at radius 1 is 0.388 bits per heavy atom. The number of carbonyl (C=O) groups excluding carboxylic acids is 4. The maximum Gasteiger partial charge on any atom is 0.222 e. The molecule has 0 spiro atoms. The topological polar surface area (TPSA) is 315 Å². The Morgan fingerprint density at radius 2 is 0.571 bits per heavy atom. The van der Waals surface area contributed by atoms with Gasteiger partial charge in [-0.15, -0.1) is 0 Å². The largest absolute Gasteiger partial charge is 0.394 e. The predicted molar refractivity (Wildman–Crippen MR) is 169 cm³/mol. The molecule has 49 heavy (non-hydrogen) atoms. The summed E-state index contributed by atoms with van der Waals surface area (Å²) in [6, 6.07) is -3.36. The molecule has 4 amide bonds. The van der Waals surface area contributed by atoms with Crippen molar-refractivity contribution >= 4 is 23.6 Å². The summed E-state index contributed by atoms with van der Waals surface area (Å²) in [7, 11) is 0. The first-order valence-corrected chi connectivity index (χ1v) is 15.9. The minimum Gasteiger partial charge on any atom is -0.394 e. The fourth-order valence-corrected chi connectivity index (χ4v) is 3.86. The maximum atomic E-state index is 12.2. The van der Waals surface area contributed by atoms with Crippen molar-refractivity contribution in [3.05, 3.63) is 0 Å². The van der Waals surface area contributed by atoms with Gasteiger partial charge >= 0.3 is 0 Å². The van der Waals surface area contributed by atoms with Crippen molar-refractivity contribution in [2.45, 2.75) is 49.9 Å². The molecule has 0 atom stereocenters. The van der Waals surface area contributed by atoms with E-state index in [-0.39, 0.29) is 78.5 Å². The molecule has 0 saturated carbocycles. The van der Waals surface area contributed by atoms with Gasteiger partial charge in [-0.25, -0.2) is 0 Å². The summed E-state index contributed by atoms with van der Waals surface area (Å²) < 4.78 is 23.1. The molecule has 0 rings (SSSR count). The van der Waals surface area contributed by atoms with Gasteiger partial charge in [0.2, 0.25) is 23.6 Å². The van der Waals surface area contributed by atoms with Crippen molar-refractivity contribution in [2.75, 3.05) is 106 Å². The molecule has 0 aromatic heterocycles. The molecule has 0 saturated heterocycles. The molecule has 288 valence electrons. The second-order valence-electron chi connectivity index (χ2n) is 11.2. The summed E-state index contributed by atoms with van der Waals surface area (Å²) in [4.78, 5) is 48.7. The zero-order valence-electron chi connectivity index (χ0n) is 27.8. The van der Waals surface area contributed by atoms with Crippen LogP contribution in [0.15, 0.2) is 0 Å². The number of nitrogens with one attached hydrogen (secondary N) is 4. The van der Waals surface area contributed by atoms with Gasteiger partial charge in [0, 0.05) is 25.7 Å². The number of rotatable bonds is 32. The van der Waals surface area contributed by atoms with Crippen LogP contribution in [0, 0.1) is 5.41 Å². The summed E-state index contributed by atoms with van der Waals surface area (Å²) in [5.74, 6) is -1.99. The SMILES string of the molecule is O=C(CCOCC(COCCC(=O)NC(CO)CO)(COCCC(=O)NC(CO)CO)COCCC(=O)NC(CO)CO)NC(CO)CO. The van der Waals surface area contributed by atoms with E-state index in [9.17, 15) is 60.0 Å². The van der Waals surface area contributed by atoms with Gasteiger partial charge in [-0.3, -0.25) is 19.2 Å². The van der Waals surface area contributed by atoms with Gasteiger partial charge in [0.1, 0.15) is 0 Å². The first-order chi connectivity index (χ1) is 23.5. The Morgan fingerprint density at radius 3 is 0.735 bits per heavy atom. The van der Waals surface area contributed by atoms with Gasteiger partial charge in [-0.05, 0) is 0 Å². The highest BCUT2D eigenvalue weighted by atomic mass is 16.5. The third-order valence-electron chi connectivity index (χ3n) is 6.75. The van der Waals surface area contributed by atoms with Gasteiger partial charge in [-0.2, -0.15) is 0 Å². The molecule has 0 aromatic carbocycles. The van der Waals surface area contributed by atoms with E-state index in [1.807, 2.05) is 0 Å². The fraction of sp³-hybridized carbons (Fsp3) is 0.862. The van der Waals surface area contributed by atoms with Crippen LogP contribution in [0.1, 0.15) is 25.7 Å². The molecule has 0 aromatic rings. The van der Waals surface area contributed by atoms with E-state index in [1.165, 1.54) is 0 Å². The molecular weight excluding hydrogens is 660 g/mol. The van der Waals surface area contributed by atoms with Crippen molar-refractivity contribution in [1.29, 1.82) is 0 Å². The van der Waals surface area contributed by atoms with Gasteiger partial charge in [-0.1, -0.05) is 0 Å². The van der Waals surface area contributed by atoms with E-state index in [2.05, 4.69) is 21.3 Å². The molecule has 0 bridgehead atoms. The second kappa shape index (κ2) is 29.2. The zero-order valence-corrected chi connectivity index (χ0v) is 27.8. The number of aliphatic hydroxyl groups is 8. The quantitative estimate of drug-likeness (QED) is 0.0288. The van der Waals surface area contributed by atoms with Crippen molar-refractivity contribution in [3.63, 3.8) is 0 Å². The van der Waals surface area contributed by atoms with E-state index in [0.29, 0.717) is 0 Å². The lowest BCUT2D eigenvalue weighted by Gasteiger charge is -2.33. The van der Waals surface area contributed by atoms with Crippen molar-refractivity contribution < 1.29 is 79.0 Å². The van der Waals surface area contributed by atoms with E-state index < -0.39 is 106 Å². The van der Waals surface area contributed by atoms with E-state index in [4.69, 9.17) is 18.9 Å². The molecule has 0 aliphatic rings. The number of ether oxygens (including phenoxy) is 4. The van der Waals surface area contributed by atoms with E-state index in [0.717, 1.165) is 0 Å². The Bertz CT molecular complexity index is 745. The minimum absolute atomic E-state index is 0.110. The van der Waals surface area contributed by atoms with Crippen LogP contribution in [-0.2, 0) is 38.1 Å². The van der Waals surface area contributed by atoms with Crippen molar-refractivity contribution in [3.8, 4) is 0 Å². The highest BCUT2D eigenvalue weighted by molar-refractivity contribution is 5.77. The Hall–Kier alpha value is -2.60. The lowest BCUT2D eigenvalue weighted by molar-refractivity contribution is -0.130. The highest BCUT2D eigenvalue weighted by Crippen LogP contribution is 2.21. The summed E-state index contributed by atoms with van der Waals surface area (Å²) in [6.45, 7) is -4.71. The summed E-state index contributed by atoms with van der Waals surface area (Å²) in [5, 5.41) is 83.2. The Labute approximate surface area is 285 Å². The summed E-state index contributed by atoms with van der Waals surface area (Å²) >= 11 is 0. The third-order valence-corrected chi connectivity index (χ3v) is 6.75. The van der Waals surface area contributed by atoms with Crippen molar-refractivity contribution in [1.82, 2.24) is 21.3 Å². The second-order valence-corrected chi connectivity index (χ2v) is 11.2. The summed E-state index contributed by atoms with van der Waals surface area (Å²) in [5.41, 5.74) is -1.13. The van der Waals surface area contributed by atoms with Gasteiger partial charge < -0.3 is 81.1 Å². The minimum atomic E-state index is -1.13. The van der Waals surface area contributed by atoms with Gasteiger partial charge in [0.15, 0.2) is 0 Å². The zero-order chi connectivity index (χ0) is 36.9. The number of hydrogen-bond donors (Lipinski definition) is 12. The Kier molecular flexibility index (Phi) is 27.6. The number of aliphatic hydroxyl groups excluding tert-OH is 8. The molecular formula is C29H56N4O16. The first-order valence-electron chi connectivity index (χ1n) is 15.9. The van der Waals surface area contributed by atoms with Crippen LogP contribution in [0.3, 0.4) is 0 Å². The van der Waals surface area contributed by atoms with Crippen LogP contribution in [0.5, 0.6) is 0 Å². The van der Waals surface area contributed by atoms with Crippen LogP contribution >= 0.6 is 0 Å². The number of hydrogen-bond acceptors (Lipinski definition) is 16. The lowest BCUT2D eigenvalue weighted by Crippen LogP contribution is -2.44. The smallest absolute Gasteiger partial charge is 0.222 e. The van der Waals surface area contributed by atoms with Gasteiger partial charge in [0.25, 0.3) is 0 Å². The molecule has 0 radical (unpaired) electrons. The lowest BCUT2D eigenvalue weighted by atomic mass is 9.92. The average Bonchev–Trinajstić information content (AvgIpc) is 3.11. The van der Waals surface area contributed by atoms with Gasteiger partial charge in [0.05, 0.1) is 135 Å². The molecule has 0 aliphatic heterocycles. The Balaban J connectivity index is 5.62. The standard InChI is InChI=1S/C29H56N4O16/c34-9-21(10-35)30-25(42)1-5-46-17-29(18-47-6-2-26(43)31-22(11-36)12-37,19-48-7-3-27(44)32-23(13-38)14-39)20-49-8-4-28(45)33-24(15-40)16-41/h21-24,34-41H,1-20H2,(H,30,42)(H,31,43)(H,32,44)(H,33,45). The maximum absolute atomic E-state index is 12.2. The highest BCUT2D eigenvalue weighted by Gasteiger charge is 2.33. The van der Waals surface area contributed by atoms with Crippen molar-refractivity contribution in [2.24, 2.45) is 5.41 Å². The molecule has 0 fully saturated rings. The number of carbonyl (C=O) groups is 4. The molecule has 0 unspecified atom stereocenters. The fourth-order valence-electron chi connectivity index (χ4n) is 3.86. The molecule has 20 nitrogen and oxygen atoms in total. The number of amides is 4. The van der Waals surface area contributed by atoms with Crippen LogP contribution < -0.4 is 21.3 Å². The third kappa shape index (κ3) is 22.7. The molecule has 0 aliphatic carbocycles. The van der Waals surface area contributed by atoms with Crippen LogP contribution in [0.2, 0.25) is 0 Å². The normalized spacial score (nSPS) is 11.8. The predicted octanol–water partition coefficient (Wildman–Crippen LogP) is -6.52. The molecule has 20 heteroatoms. The summed E-state index contributed by atoms with van der Waals surface area (Å²) in [6.07, 6.45) is -0.554. The monoisotopic (exact) mass is 716 g/mol. The molecule has 12 N–H and O–H groups in total. The van der Waals surface area contributed by atoms with E-state index >= 15 is 0 Å².